The summed E-state index contributed by atoms with van der Waals surface area (Å²) in [4.78, 5) is 14.2. The number of amides is 2. The molecule has 122 valence electrons. The third kappa shape index (κ3) is 4.83. The summed E-state index contributed by atoms with van der Waals surface area (Å²) >= 11 is 1.91. The number of rotatable bonds is 6. The number of benzene rings is 1. The van der Waals surface area contributed by atoms with Gasteiger partial charge in [0.25, 0.3) is 0 Å². The first-order valence-electron chi connectivity index (χ1n) is 8.10. The van der Waals surface area contributed by atoms with Gasteiger partial charge in [-0.1, -0.05) is 26.0 Å². The van der Waals surface area contributed by atoms with Crippen molar-refractivity contribution in [1.29, 1.82) is 0 Å². The van der Waals surface area contributed by atoms with Crippen LogP contribution < -0.4 is 10.1 Å². The van der Waals surface area contributed by atoms with E-state index in [2.05, 4.69) is 19.2 Å². The largest absolute Gasteiger partial charge is 0.494 e. The molecule has 1 aromatic carbocycles. The normalized spacial score (nSPS) is 16.2. The summed E-state index contributed by atoms with van der Waals surface area (Å²) in [7, 11) is 0. The molecule has 0 spiro atoms. The molecule has 0 radical (unpaired) electrons. The summed E-state index contributed by atoms with van der Waals surface area (Å²) in [5, 5.41) is 3.15. The number of urea groups is 1. The van der Waals surface area contributed by atoms with Crippen molar-refractivity contribution >= 4 is 17.8 Å². The Morgan fingerprint density at radius 2 is 1.95 bits per heavy atom. The molecule has 1 aliphatic rings. The van der Waals surface area contributed by atoms with Crippen molar-refractivity contribution in [2.75, 3.05) is 31.2 Å². The van der Waals surface area contributed by atoms with E-state index in [-0.39, 0.29) is 12.1 Å². The van der Waals surface area contributed by atoms with Crippen molar-refractivity contribution < 1.29 is 9.53 Å². The van der Waals surface area contributed by atoms with Gasteiger partial charge in [-0.2, -0.15) is 11.8 Å². The highest BCUT2D eigenvalue weighted by Crippen LogP contribution is 2.21. The first-order valence-corrected chi connectivity index (χ1v) is 9.26. The summed E-state index contributed by atoms with van der Waals surface area (Å²) in [5.74, 6) is 2.96. The summed E-state index contributed by atoms with van der Waals surface area (Å²) in [6, 6.07) is 8.17. The molecule has 1 unspecified atom stereocenters. The molecule has 0 saturated carbocycles. The highest BCUT2D eigenvalue weighted by molar-refractivity contribution is 7.99. The average Bonchev–Trinajstić information content (AvgIpc) is 2.59. The van der Waals surface area contributed by atoms with Crippen LogP contribution in [0.25, 0.3) is 0 Å². The zero-order valence-corrected chi connectivity index (χ0v) is 14.3. The quantitative estimate of drug-likeness (QED) is 0.868. The molecule has 2 amide bonds. The van der Waals surface area contributed by atoms with E-state index in [0.29, 0.717) is 0 Å². The molecule has 1 aromatic rings. The summed E-state index contributed by atoms with van der Waals surface area (Å²) in [6.07, 6.45) is 1.88. The van der Waals surface area contributed by atoms with E-state index in [1.54, 1.807) is 0 Å². The predicted molar refractivity (Wildman–Crippen MR) is 92.7 cm³/mol. The Labute approximate surface area is 137 Å². The minimum absolute atomic E-state index is 0.0541. The molecule has 0 aromatic heterocycles. The highest BCUT2D eigenvalue weighted by atomic mass is 32.2. The lowest BCUT2D eigenvalue weighted by molar-refractivity contribution is 0.198. The number of thioether (sulfide) groups is 1. The monoisotopic (exact) mass is 322 g/mol. The van der Waals surface area contributed by atoms with Crippen LogP contribution in [0.1, 0.15) is 38.3 Å². The number of nitrogens with one attached hydrogen (secondary N) is 1. The van der Waals surface area contributed by atoms with Crippen LogP contribution in [-0.2, 0) is 0 Å². The Hall–Kier alpha value is -1.36. The Bertz CT molecular complexity index is 458. The number of hydrogen-bond donors (Lipinski definition) is 1. The van der Waals surface area contributed by atoms with Crippen LogP contribution in [0.5, 0.6) is 5.75 Å². The van der Waals surface area contributed by atoms with Gasteiger partial charge in [-0.25, -0.2) is 4.79 Å². The zero-order chi connectivity index (χ0) is 15.8. The fourth-order valence-corrected chi connectivity index (χ4v) is 3.35. The fourth-order valence-electron chi connectivity index (χ4n) is 2.44. The number of carbonyl (C=O) groups is 1. The van der Waals surface area contributed by atoms with Gasteiger partial charge in [0, 0.05) is 24.6 Å². The Morgan fingerprint density at radius 1 is 1.27 bits per heavy atom. The fraction of sp³-hybridized carbons (Fsp3) is 0.588. The van der Waals surface area contributed by atoms with Crippen LogP contribution in [0.3, 0.4) is 0 Å². The number of nitrogens with zero attached hydrogens (tertiary/aromatic N) is 1. The van der Waals surface area contributed by atoms with E-state index in [1.807, 2.05) is 40.9 Å². The maximum Gasteiger partial charge on any atom is 0.317 e. The maximum absolute atomic E-state index is 12.3. The third-order valence-corrected chi connectivity index (χ3v) is 4.70. The predicted octanol–water partition coefficient (Wildman–Crippen LogP) is 3.68. The number of carbonyl (C=O) groups excluding carboxylic acids is 1. The van der Waals surface area contributed by atoms with Gasteiger partial charge < -0.3 is 15.0 Å². The van der Waals surface area contributed by atoms with Crippen LogP contribution in [0.2, 0.25) is 0 Å². The first kappa shape index (κ1) is 17.0. The lowest BCUT2D eigenvalue weighted by Gasteiger charge is -2.29. The molecule has 1 fully saturated rings. The van der Waals surface area contributed by atoms with Crippen LogP contribution in [0, 0.1) is 0 Å². The van der Waals surface area contributed by atoms with Gasteiger partial charge in [0.05, 0.1) is 12.6 Å². The highest BCUT2D eigenvalue weighted by Gasteiger charge is 2.20. The third-order valence-electron chi connectivity index (χ3n) is 3.76. The molecule has 1 heterocycles. The van der Waals surface area contributed by atoms with Gasteiger partial charge in [-0.3, -0.25) is 0 Å². The summed E-state index contributed by atoms with van der Waals surface area (Å²) < 4.78 is 5.60. The molecule has 2 rings (SSSR count). The van der Waals surface area contributed by atoms with Crippen molar-refractivity contribution in [1.82, 2.24) is 10.2 Å². The van der Waals surface area contributed by atoms with Gasteiger partial charge in [0.1, 0.15) is 5.75 Å². The van der Waals surface area contributed by atoms with E-state index >= 15 is 0 Å². The van der Waals surface area contributed by atoms with Crippen molar-refractivity contribution in [2.45, 2.75) is 32.7 Å². The number of ether oxygens (including phenoxy) is 1. The van der Waals surface area contributed by atoms with Crippen LogP contribution in [-0.4, -0.2) is 42.1 Å². The number of hydrogen-bond acceptors (Lipinski definition) is 3. The molecule has 1 atom stereocenters. The lowest BCUT2D eigenvalue weighted by atomic mass is 10.0. The lowest BCUT2D eigenvalue weighted by Crippen LogP contribution is -2.45. The molecule has 4 nitrogen and oxygen atoms in total. The van der Waals surface area contributed by atoms with Gasteiger partial charge >= 0.3 is 6.03 Å². The van der Waals surface area contributed by atoms with Crippen molar-refractivity contribution in [3.63, 3.8) is 0 Å². The topological polar surface area (TPSA) is 41.6 Å². The molecule has 0 bridgehead atoms. The molecule has 1 saturated heterocycles. The second kappa shape index (κ2) is 8.93. The minimum atomic E-state index is 0.0541. The smallest absolute Gasteiger partial charge is 0.317 e. The van der Waals surface area contributed by atoms with E-state index < -0.39 is 0 Å². The molecular formula is C17H26N2O2S. The SMILES string of the molecule is CCCOc1ccc(C(CC)NC(=O)N2CCSCC2)cc1. The summed E-state index contributed by atoms with van der Waals surface area (Å²) in [6.45, 7) is 6.61. The Kier molecular flexibility index (Phi) is 6.90. The minimum Gasteiger partial charge on any atom is -0.494 e. The van der Waals surface area contributed by atoms with Gasteiger partial charge in [-0.05, 0) is 30.5 Å². The van der Waals surface area contributed by atoms with Gasteiger partial charge in [-0.15, -0.1) is 0 Å². The standard InChI is InChI=1S/C17H26N2O2S/c1-3-11-21-15-7-5-14(6-8-15)16(4-2)18-17(20)19-9-12-22-13-10-19/h5-8,16H,3-4,9-13H2,1-2H3,(H,18,20). The second-order valence-corrected chi connectivity index (χ2v) is 6.65. The van der Waals surface area contributed by atoms with E-state index in [4.69, 9.17) is 4.74 Å². The molecule has 5 heteroatoms. The van der Waals surface area contributed by atoms with E-state index in [9.17, 15) is 4.79 Å². The van der Waals surface area contributed by atoms with Gasteiger partial charge in [0.15, 0.2) is 0 Å². The zero-order valence-electron chi connectivity index (χ0n) is 13.5. The first-order chi connectivity index (χ1) is 10.7. The second-order valence-electron chi connectivity index (χ2n) is 5.43. The molecule has 1 aliphatic heterocycles. The molecular weight excluding hydrogens is 296 g/mol. The van der Waals surface area contributed by atoms with E-state index in [1.165, 1.54) is 0 Å². The van der Waals surface area contributed by atoms with Crippen LogP contribution in [0.15, 0.2) is 24.3 Å². The van der Waals surface area contributed by atoms with Gasteiger partial charge in [0.2, 0.25) is 0 Å². The average molecular weight is 322 g/mol. The Balaban J connectivity index is 1.93. The van der Waals surface area contributed by atoms with Crippen LogP contribution in [0.4, 0.5) is 4.79 Å². The van der Waals surface area contributed by atoms with Crippen molar-refractivity contribution in [3.05, 3.63) is 29.8 Å². The van der Waals surface area contributed by atoms with Crippen molar-refractivity contribution in [2.24, 2.45) is 0 Å². The maximum atomic E-state index is 12.3. The summed E-state index contributed by atoms with van der Waals surface area (Å²) in [5.41, 5.74) is 1.13. The van der Waals surface area contributed by atoms with Crippen LogP contribution >= 0.6 is 11.8 Å². The molecule has 0 aliphatic carbocycles. The van der Waals surface area contributed by atoms with E-state index in [0.717, 1.165) is 55.4 Å². The molecule has 1 N–H and O–H groups in total. The Morgan fingerprint density at radius 3 is 2.55 bits per heavy atom. The van der Waals surface area contributed by atoms with Crippen molar-refractivity contribution in [3.8, 4) is 5.75 Å². The molecule has 22 heavy (non-hydrogen) atoms.